The van der Waals surface area contributed by atoms with Crippen molar-refractivity contribution in [2.24, 2.45) is 5.73 Å². The predicted molar refractivity (Wildman–Crippen MR) is 87.5 cm³/mol. The molecule has 112 valence electrons. The Morgan fingerprint density at radius 3 is 2.76 bits per heavy atom. The van der Waals surface area contributed by atoms with Gasteiger partial charge in [-0.1, -0.05) is 27.5 Å². The van der Waals surface area contributed by atoms with Crippen LogP contribution < -0.4 is 15.8 Å². The van der Waals surface area contributed by atoms with Crippen LogP contribution >= 0.6 is 27.5 Å². The lowest BCUT2D eigenvalue weighted by Crippen LogP contribution is -2.21. The lowest BCUT2D eigenvalue weighted by molar-refractivity contribution is 0.386. The van der Waals surface area contributed by atoms with Crippen molar-refractivity contribution in [3.8, 4) is 5.75 Å². The number of nitrogens with one attached hydrogen (secondary N) is 1. The van der Waals surface area contributed by atoms with E-state index in [2.05, 4.69) is 21.2 Å². The van der Waals surface area contributed by atoms with Crippen LogP contribution in [0.1, 0.15) is 11.6 Å². The van der Waals surface area contributed by atoms with Crippen molar-refractivity contribution < 1.29 is 9.13 Å². The molecule has 0 aliphatic heterocycles. The molecule has 3 nitrogen and oxygen atoms in total. The van der Waals surface area contributed by atoms with Crippen molar-refractivity contribution >= 4 is 33.2 Å². The zero-order valence-corrected chi connectivity index (χ0v) is 13.7. The number of ether oxygens (including phenoxy) is 1. The molecular formula is C15H15BrClFN2O. The summed E-state index contributed by atoms with van der Waals surface area (Å²) in [5.41, 5.74) is 7.41. The summed E-state index contributed by atoms with van der Waals surface area (Å²) in [6.07, 6.45) is 0. The summed E-state index contributed by atoms with van der Waals surface area (Å²) in [5, 5.41) is 3.86. The Morgan fingerprint density at radius 1 is 1.33 bits per heavy atom. The fraction of sp³-hybridized carbons (Fsp3) is 0.200. The van der Waals surface area contributed by atoms with Crippen LogP contribution in [0.5, 0.6) is 5.75 Å². The van der Waals surface area contributed by atoms with Gasteiger partial charge in [0.05, 0.1) is 13.2 Å². The number of anilines is 1. The molecule has 0 aliphatic rings. The zero-order chi connectivity index (χ0) is 15.4. The first-order chi connectivity index (χ1) is 10.0. The van der Waals surface area contributed by atoms with Crippen LogP contribution in [0.3, 0.4) is 0 Å². The summed E-state index contributed by atoms with van der Waals surface area (Å²) >= 11 is 9.63. The van der Waals surface area contributed by atoms with Gasteiger partial charge in [0.25, 0.3) is 0 Å². The molecule has 0 aliphatic carbocycles. The van der Waals surface area contributed by atoms with Crippen molar-refractivity contribution in [3.63, 3.8) is 0 Å². The van der Waals surface area contributed by atoms with Crippen LogP contribution in [0.15, 0.2) is 40.9 Å². The SMILES string of the molecule is COc1cc(NC(CN)c2cc(Br)ccc2Cl)ccc1F. The van der Waals surface area contributed by atoms with E-state index >= 15 is 0 Å². The van der Waals surface area contributed by atoms with Crippen LogP contribution in [0.25, 0.3) is 0 Å². The van der Waals surface area contributed by atoms with Gasteiger partial charge in [-0.3, -0.25) is 0 Å². The van der Waals surface area contributed by atoms with Gasteiger partial charge in [0, 0.05) is 27.8 Å². The first-order valence-electron chi connectivity index (χ1n) is 6.30. The Balaban J connectivity index is 2.29. The minimum Gasteiger partial charge on any atom is -0.494 e. The number of rotatable bonds is 5. The Labute approximate surface area is 136 Å². The largest absolute Gasteiger partial charge is 0.494 e. The molecular weight excluding hydrogens is 359 g/mol. The van der Waals surface area contributed by atoms with Gasteiger partial charge in [0.15, 0.2) is 11.6 Å². The second-order valence-corrected chi connectivity index (χ2v) is 5.77. The Hall–Kier alpha value is -1.30. The molecule has 2 aromatic carbocycles. The van der Waals surface area contributed by atoms with Gasteiger partial charge in [-0.2, -0.15) is 0 Å². The standard InChI is InChI=1S/C15H15BrClFN2O/c1-21-15-7-10(3-5-13(15)18)20-14(8-19)11-6-9(16)2-4-12(11)17/h2-7,14,20H,8,19H2,1H3. The van der Waals surface area contributed by atoms with Crippen molar-refractivity contribution in [1.29, 1.82) is 0 Å². The van der Waals surface area contributed by atoms with E-state index in [9.17, 15) is 4.39 Å². The van der Waals surface area contributed by atoms with Crippen LogP contribution in [-0.4, -0.2) is 13.7 Å². The van der Waals surface area contributed by atoms with Gasteiger partial charge in [-0.15, -0.1) is 0 Å². The monoisotopic (exact) mass is 372 g/mol. The second-order valence-electron chi connectivity index (χ2n) is 4.45. The highest BCUT2D eigenvalue weighted by molar-refractivity contribution is 9.10. The van der Waals surface area contributed by atoms with Crippen molar-refractivity contribution in [3.05, 3.63) is 57.3 Å². The van der Waals surface area contributed by atoms with Crippen LogP contribution in [0.4, 0.5) is 10.1 Å². The maximum Gasteiger partial charge on any atom is 0.165 e. The molecule has 0 saturated carbocycles. The van der Waals surface area contributed by atoms with Gasteiger partial charge in [0.2, 0.25) is 0 Å². The molecule has 1 unspecified atom stereocenters. The highest BCUT2D eigenvalue weighted by Crippen LogP contribution is 2.30. The van der Waals surface area contributed by atoms with Crippen molar-refractivity contribution in [2.45, 2.75) is 6.04 Å². The number of nitrogens with two attached hydrogens (primary N) is 1. The molecule has 2 rings (SSSR count). The highest BCUT2D eigenvalue weighted by atomic mass is 79.9. The van der Waals surface area contributed by atoms with Gasteiger partial charge in [-0.05, 0) is 35.9 Å². The van der Waals surface area contributed by atoms with Crippen molar-refractivity contribution in [2.75, 3.05) is 19.0 Å². The van der Waals surface area contributed by atoms with E-state index in [0.717, 1.165) is 10.0 Å². The normalized spacial score (nSPS) is 12.0. The van der Waals surface area contributed by atoms with Crippen LogP contribution in [0.2, 0.25) is 5.02 Å². The van der Waals surface area contributed by atoms with E-state index in [-0.39, 0.29) is 11.8 Å². The summed E-state index contributed by atoms with van der Waals surface area (Å²) in [5.74, 6) is -0.232. The molecule has 0 fully saturated rings. The first-order valence-corrected chi connectivity index (χ1v) is 7.47. The average molecular weight is 374 g/mol. The van der Waals surface area contributed by atoms with Gasteiger partial charge in [-0.25, -0.2) is 4.39 Å². The number of benzene rings is 2. The fourth-order valence-electron chi connectivity index (χ4n) is 2.00. The van der Waals surface area contributed by atoms with E-state index in [0.29, 0.717) is 17.3 Å². The molecule has 1 atom stereocenters. The molecule has 0 bridgehead atoms. The third-order valence-electron chi connectivity index (χ3n) is 3.06. The fourth-order valence-corrected chi connectivity index (χ4v) is 2.62. The van der Waals surface area contributed by atoms with Crippen molar-refractivity contribution in [1.82, 2.24) is 0 Å². The van der Waals surface area contributed by atoms with E-state index in [4.69, 9.17) is 22.1 Å². The molecule has 0 radical (unpaired) electrons. The van der Waals surface area contributed by atoms with E-state index in [1.165, 1.54) is 13.2 Å². The highest BCUT2D eigenvalue weighted by Gasteiger charge is 2.14. The molecule has 6 heteroatoms. The second kappa shape index (κ2) is 7.11. The van der Waals surface area contributed by atoms with Crippen LogP contribution in [-0.2, 0) is 0 Å². The van der Waals surface area contributed by atoms with Gasteiger partial charge >= 0.3 is 0 Å². The molecule has 0 spiro atoms. The molecule has 2 aromatic rings. The topological polar surface area (TPSA) is 47.3 Å². The van der Waals surface area contributed by atoms with E-state index in [1.54, 1.807) is 18.2 Å². The third kappa shape index (κ3) is 3.87. The first kappa shape index (κ1) is 16.1. The minimum absolute atomic E-state index is 0.177. The molecule has 0 heterocycles. The summed E-state index contributed by atoms with van der Waals surface area (Å²) in [7, 11) is 1.42. The predicted octanol–water partition coefficient (Wildman–Crippen LogP) is 4.36. The maximum atomic E-state index is 13.4. The maximum absolute atomic E-state index is 13.4. The Kier molecular flexibility index (Phi) is 5.45. The molecule has 21 heavy (non-hydrogen) atoms. The number of halogens is 3. The molecule has 3 N–H and O–H groups in total. The quantitative estimate of drug-likeness (QED) is 0.818. The minimum atomic E-state index is -0.409. The van der Waals surface area contributed by atoms with Gasteiger partial charge in [0.1, 0.15) is 0 Å². The zero-order valence-electron chi connectivity index (χ0n) is 11.4. The number of hydrogen-bond acceptors (Lipinski definition) is 3. The Morgan fingerprint density at radius 2 is 2.10 bits per heavy atom. The summed E-state index contributed by atoms with van der Waals surface area (Å²) in [6, 6.07) is 9.95. The lowest BCUT2D eigenvalue weighted by atomic mass is 10.1. The Bertz CT molecular complexity index is 639. The summed E-state index contributed by atoms with van der Waals surface area (Å²) in [6.45, 7) is 0.343. The molecule has 0 saturated heterocycles. The smallest absolute Gasteiger partial charge is 0.165 e. The average Bonchev–Trinajstić information content (AvgIpc) is 2.49. The van der Waals surface area contributed by atoms with Crippen LogP contribution in [0, 0.1) is 5.82 Å². The molecule has 0 amide bonds. The van der Waals surface area contributed by atoms with E-state index < -0.39 is 5.82 Å². The van der Waals surface area contributed by atoms with Gasteiger partial charge < -0.3 is 15.8 Å². The summed E-state index contributed by atoms with van der Waals surface area (Å²) < 4.78 is 19.3. The molecule has 0 aromatic heterocycles. The number of methoxy groups -OCH3 is 1. The van der Waals surface area contributed by atoms with E-state index in [1.807, 2.05) is 12.1 Å². The summed E-state index contributed by atoms with van der Waals surface area (Å²) in [4.78, 5) is 0. The lowest BCUT2D eigenvalue weighted by Gasteiger charge is -2.20. The third-order valence-corrected chi connectivity index (χ3v) is 3.90. The number of hydrogen-bond donors (Lipinski definition) is 2.